The first-order valence-electron chi connectivity index (χ1n) is 9.78. The van der Waals surface area contributed by atoms with Gasteiger partial charge in [0.15, 0.2) is 5.96 Å². The number of hydrogen-bond acceptors (Lipinski definition) is 3. The van der Waals surface area contributed by atoms with Crippen LogP contribution in [0.3, 0.4) is 0 Å². The van der Waals surface area contributed by atoms with Gasteiger partial charge in [-0.05, 0) is 30.5 Å². The van der Waals surface area contributed by atoms with Crippen molar-refractivity contribution in [2.75, 3.05) is 33.9 Å². The van der Waals surface area contributed by atoms with Crippen LogP contribution >= 0.6 is 0 Å². The van der Waals surface area contributed by atoms with E-state index in [9.17, 15) is 0 Å². The monoisotopic (exact) mass is 357 g/mol. The maximum atomic E-state index is 5.93. The first-order valence-corrected chi connectivity index (χ1v) is 9.78. The number of ether oxygens (including phenoxy) is 2. The Morgan fingerprint density at radius 1 is 1.27 bits per heavy atom. The van der Waals surface area contributed by atoms with E-state index >= 15 is 0 Å². The van der Waals surface area contributed by atoms with Crippen LogP contribution in [0.15, 0.2) is 29.3 Å². The summed E-state index contributed by atoms with van der Waals surface area (Å²) in [6, 6.07) is 8.95. The molecule has 5 heteroatoms. The van der Waals surface area contributed by atoms with Gasteiger partial charge in [0.25, 0.3) is 0 Å². The minimum Gasteiger partial charge on any atom is -0.497 e. The largest absolute Gasteiger partial charge is 0.497 e. The molecule has 0 radical (unpaired) electrons. The molecule has 1 N–H and O–H groups in total. The molecule has 1 aromatic carbocycles. The molecule has 1 aliphatic carbocycles. The minimum atomic E-state index is 0.173. The maximum Gasteiger partial charge on any atom is 0.193 e. The zero-order valence-corrected chi connectivity index (χ0v) is 16.4. The molecule has 1 aromatic rings. The second-order valence-electron chi connectivity index (χ2n) is 8.44. The molecule has 3 aliphatic rings. The average molecular weight is 357 g/mol. The summed E-state index contributed by atoms with van der Waals surface area (Å²) in [5, 5.41) is 3.77. The van der Waals surface area contributed by atoms with E-state index in [1.54, 1.807) is 7.11 Å². The lowest BCUT2D eigenvalue weighted by molar-refractivity contribution is -0.107. The van der Waals surface area contributed by atoms with E-state index < -0.39 is 0 Å². The van der Waals surface area contributed by atoms with E-state index in [-0.39, 0.29) is 5.41 Å². The normalized spacial score (nSPS) is 32.9. The van der Waals surface area contributed by atoms with Gasteiger partial charge >= 0.3 is 0 Å². The zero-order chi connectivity index (χ0) is 18.3. The van der Waals surface area contributed by atoms with Gasteiger partial charge in [-0.2, -0.15) is 0 Å². The van der Waals surface area contributed by atoms with Crippen molar-refractivity contribution in [3.05, 3.63) is 29.8 Å². The SMILES string of the molecule is CN=C(NC1C2CCOC2C1(C)C)N1CCC(c2ccc(OC)cc2)C1. The van der Waals surface area contributed by atoms with E-state index in [0.717, 1.165) is 44.2 Å². The van der Waals surface area contributed by atoms with Crippen molar-refractivity contribution in [1.29, 1.82) is 0 Å². The van der Waals surface area contributed by atoms with Gasteiger partial charge in [-0.1, -0.05) is 26.0 Å². The van der Waals surface area contributed by atoms with Crippen molar-refractivity contribution < 1.29 is 9.47 Å². The molecular formula is C21H31N3O2. The van der Waals surface area contributed by atoms with Gasteiger partial charge < -0.3 is 19.7 Å². The number of fused-ring (bicyclic) bond motifs is 1. The number of nitrogens with zero attached hydrogens (tertiary/aromatic N) is 2. The van der Waals surface area contributed by atoms with Crippen LogP contribution in [0.2, 0.25) is 0 Å². The molecule has 0 bridgehead atoms. The summed E-state index contributed by atoms with van der Waals surface area (Å²) in [4.78, 5) is 7.01. The van der Waals surface area contributed by atoms with Gasteiger partial charge in [-0.3, -0.25) is 4.99 Å². The Labute approximate surface area is 156 Å². The van der Waals surface area contributed by atoms with Gasteiger partial charge in [0.05, 0.1) is 13.2 Å². The van der Waals surface area contributed by atoms with E-state index in [4.69, 9.17) is 9.47 Å². The number of hydrogen-bond donors (Lipinski definition) is 1. The standard InChI is InChI=1S/C21H31N3O2/c1-21(2)18(17-10-12-26-19(17)21)23-20(22-3)24-11-9-15(13-24)14-5-7-16(25-4)8-6-14/h5-8,15,17-19H,9-13H2,1-4H3,(H,22,23). The molecule has 0 aromatic heterocycles. The first-order chi connectivity index (χ1) is 12.5. The summed E-state index contributed by atoms with van der Waals surface area (Å²) in [5.41, 5.74) is 1.56. The Kier molecular flexibility index (Phi) is 4.59. The van der Waals surface area contributed by atoms with Gasteiger partial charge in [-0.15, -0.1) is 0 Å². The Balaban J connectivity index is 1.40. The molecule has 26 heavy (non-hydrogen) atoms. The van der Waals surface area contributed by atoms with Crippen molar-refractivity contribution in [3.63, 3.8) is 0 Å². The average Bonchev–Trinajstić information content (AvgIpc) is 3.31. The van der Waals surface area contributed by atoms with Gasteiger partial charge in [0, 0.05) is 50.0 Å². The van der Waals surface area contributed by atoms with Gasteiger partial charge in [-0.25, -0.2) is 0 Å². The van der Waals surface area contributed by atoms with Crippen LogP contribution in [0.25, 0.3) is 0 Å². The molecule has 4 unspecified atom stereocenters. The van der Waals surface area contributed by atoms with Crippen LogP contribution in [-0.2, 0) is 4.74 Å². The summed E-state index contributed by atoms with van der Waals surface area (Å²) < 4.78 is 11.2. The first kappa shape index (κ1) is 17.7. The Hall–Kier alpha value is -1.75. The number of likely N-dealkylation sites (tertiary alicyclic amines) is 1. The van der Waals surface area contributed by atoms with Crippen LogP contribution < -0.4 is 10.1 Å². The van der Waals surface area contributed by atoms with Crippen LogP contribution in [0.1, 0.15) is 38.2 Å². The third kappa shape index (κ3) is 2.86. The molecule has 3 fully saturated rings. The molecular weight excluding hydrogens is 326 g/mol. The fourth-order valence-electron chi connectivity index (χ4n) is 5.15. The third-order valence-corrected chi connectivity index (χ3v) is 6.67. The van der Waals surface area contributed by atoms with Crippen LogP contribution in [0.4, 0.5) is 0 Å². The number of nitrogens with one attached hydrogen (secondary N) is 1. The Bertz CT molecular complexity index is 670. The highest BCUT2D eigenvalue weighted by Gasteiger charge is 2.59. The summed E-state index contributed by atoms with van der Waals surface area (Å²) in [7, 11) is 3.61. The van der Waals surface area contributed by atoms with Crippen LogP contribution in [0, 0.1) is 11.3 Å². The highest BCUT2D eigenvalue weighted by molar-refractivity contribution is 5.81. The van der Waals surface area contributed by atoms with Gasteiger partial charge in [0.2, 0.25) is 0 Å². The topological polar surface area (TPSA) is 46.1 Å². The second-order valence-corrected chi connectivity index (χ2v) is 8.44. The molecule has 5 nitrogen and oxygen atoms in total. The summed E-state index contributed by atoms with van der Waals surface area (Å²) in [5.74, 6) is 3.14. The third-order valence-electron chi connectivity index (χ3n) is 6.67. The number of benzene rings is 1. The molecule has 0 amide bonds. The molecule has 1 saturated carbocycles. The van der Waals surface area contributed by atoms with Crippen LogP contribution in [-0.4, -0.2) is 56.9 Å². The second kappa shape index (κ2) is 6.76. The number of methoxy groups -OCH3 is 1. The smallest absolute Gasteiger partial charge is 0.193 e. The number of guanidine groups is 1. The lowest BCUT2D eigenvalue weighted by Crippen LogP contribution is -2.68. The molecule has 2 saturated heterocycles. The molecule has 2 heterocycles. The molecule has 0 spiro atoms. The van der Waals surface area contributed by atoms with Crippen molar-refractivity contribution in [1.82, 2.24) is 10.2 Å². The van der Waals surface area contributed by atoms with E-state index in [1.165, 1.54) is 5.56 Å². The van der Waals surface area contributed by atoms with Gasteiger partial charge in [0.1, 0.15) is 5.75 Å². The summed E-state index contributed by atoms with van der Waals surface area (Å²) in [6.07, 6.45) is 2.73. The van der Waals surface area contributed by atoms with E-state index in [0.29, 0.717) is 24.0 Å². The van der Waals surface area contributed by atoms with Crippen LogP contribution in [0.5, 0.6) is 5.75 Å². The quantitative estimate of drug-likeness (QED) is 0.667. The van der Waals surface area contributed by atoms with E-state index in [1.807, 2.05) is 7.05 Å². The Morgan fingerprint density at radius 2 is 2.04 bits per heavy atom. The highest BCUT2D eigenvalue weighted by atomic mass is 16.5. The van der Waals surface area contributed by atoms with Crippen molar-refractivity contribution >= 4 is 5.96 Å². The van der Waals surface area contributed by atoms with Crippen molar-refractivity contribution in [2.24, 2.45) is 16.3 Å². The molecule has 4 atom stereocenters. The lowest BCUT2D eigenvalue weighted by Gasteiger charge is -2.55. The fourth-order valence-corrected chi connectivity index (χ4v) is 5.15. The fraction of sp³-hybridized carbons (Fsp3) is 0.667. The Morgan fingerprint density at radius 3 is 2.73 bits per heavy atom. The lowest BCUT2D eigenvalue weighted by atomic mass is 9.57. The molecule has 142 valence electrons. The minimum absolute atomic E-state index is 0.173. The number of aliphatic imine (C=N–C) groups is 1. The molecule has 2 aliphatic heterocycles. The summed E-state index contributed by atoms with van der Waals surface area (Å²) in [6.45, 7) is 7.60. The summed E-state index contributed by atoms with van der Waals surface area (Å²) >= 11 is 0. The van der Waals surface area contributed by atoms with Crippen molar-refractivity contribution in [2.45, 2.75) is 44.8 Å². The number of rotatable bonds is 3. The van der Waals surface area contributed by atoms with E-state index in [2.05, 4.69) is 53.3 Å². The highest BCUT2D eigenvalue weighted by Crippen LogP contribution is 2.52. The van der Waals surface area contributed by atoms with Crippen molar-refractivity contribution in [3.8, 4) is 5.75 Å². The maximum absolute atomic E-state index is 5.93. The predicted molar refractivity (Wildman–Crippen MR) is 104 cm³/mol. The molecule has 4 rings (SSSR count). The predicted octanol–water partition coefficient (Wildman–Crippen LogP) is 2.87. The zero-order valence-electron chi connectivity index (χ0n) is 16.4.